The number of rotatable bonds is 4. The van der Waals surface area contributed by atoms with E-state index in [1.54, 1.807) is 0 Å². The van der Waals surface area contributed by atoms with E-state index in [0.29, 0.717) is 13.1 Å². The van der Waals surface area contributed by atoms with Gasteiger partial charge in [0.2, 0.25) is 5.91 Å². The molecule has 2 unspecified atom stereocenters. The van der Waals surface area contributed by atoms with E-state index >= 15 is 0 Å². The number of fused-ring (bicyclic) bond motifs is 1. The molecule has 3 amide bonds. The quantitative estimate of drug-likeness (QED) is 0.514. The molecule has 8 nitrogen and oxygen atoms in total. The predicted octanol–water partition coefficient (Wildman–Crippen LogP) is -1.26. The van der Waals surface area contributed by atoms with Crippen molar-refractivity contribution in [2.75, 3.05) is 19.7 Å². The van der Waals surface area contributed by atoms with E-state index in [4.69, 9.17) is 10.2 Å². The van der Waals surface area contributed by atoms with Gasteiger partial charge in [-0.1, -0.05) is 0 Å². The summed E-state index contributed by atoms with van der Waals surface area (Å²) < 4.78 is 0. The molecule has 2 fully saturated rings. The third-order valence-electron chi connectivity index (χ3n) is 3.88. The van der Waals surface area contributed by atoms with Gasteiger partial charge in [-0.15, -0.1) is 0 Å². The van der Waals surface area contributed by atoms with Gasteiger partial charge in [-0.05, 0) is 12.8 Å². The first kappa shape index (κ1) is 14.6. The van der Waals surface area contributed by atoms with Crippen LogP contribution in [0.3, 0.4) is 0 Å². The summed E-state index contributed by atoms with van der Waals surface area (Å²) in [5.74, 6) is -1.42. The first-order valence-electron chi connectivity index (χ1n) is 6.73. The number of carboxylic acids is 1. The number of nitrogens with zero attached hydrogens (tertiary/aromatic N) is 1. The molecule has 0 radical (unpaired) electrons. The van der Waals surface area contributed by atoms with Gasteiger partial charge < -0.3 is 25.7 Å². The number of carbonyl (C=O) groups excluding carboxylic acids is 2. The molecule has 3 atom stereocenters. The summed E-state index contributed by atoms with van der Waals surface area (Å²) in [5, 5.41) is 22.9. The molecule has 0 aromatic heterocycles. The van der Waals surface area contributed by atoms with Crippen LogP contribution in [-0.4, -0.2) is 64.8 Å². The van der Waals surface area contributed by atoms with Gasteiger partial charge in [0.15, 0.2) is 0 Å². The number of hydrogen-bond donors (Lipinski definition) is 4. The largest absolute Gasteiger partial charge is 0.480 e. The van der Waals surface area contributed by atoms with Crippen LogP contribution in [0.2, 0.25) is 0 Å². The molecule has 0 aromatic carbocycles. The highest BCUT2D eigenvalue weighted by Gasteiger charge is 2.43. The second-order valence-corrected chi connectivity index (χ2v) is 5.11. The van der Waals surface area contributed by atoms with Crippen LogP contribution in [0.1, 0.15) is 19.3 Å². The average Bonchev–Trinajstić information content (AvgIpc) is 2.80. The summed E-state index contributed by atoms with van der Waals surface area (Å²) in [6, 6.07) is -1.81. The number of piperidine rings is 1. The smallest absolute Gasteiger partial charge is 0.326 e. The van der Waals surface area contributed by atoms with Crippen LogP contribution in [0.15, 0.2) is 0 Å². The van der Waals surface area contributed by atoms with Crippen molar-refractivity contribution < 1.29 is 24.6 Å². The van der Waals surface area contributed by atoms with E-state index in [9.17, 15) is 14.4 Å². The fourth-order valence-electron chi connectivity index (χ4n) is 2.82. The maximum Gasteiger partial charge on any atom is 0.326 e. The van der Waals surface area contributed by atoms with Gasteiger partial charge in [0.1, 0.15) is 6.04 Å². The van der Waals surface area contributed by atoms with Gasteiger partial charge in [-0.2, -0.15) is 0 Å². The topological polar surface area (TPSA) is 119 Å². The highest BCUT2D eigenvalue weighted by atomic mass is 16.4. The molecule has 2 heterocycles. The number of urea groups is 1. The first-order valence-corrected chi connectivity index (χ1v) is 6.73. The summed E-state index contributed by atoms with van der Waals surface area (Å²) in [7, 11) is 0. The Balaban J connectivity index is 2.01. The van der Waals surface area contributed by atoms with Crippen molar-refractivity contribution >= 4 is 17.9 Å². The lowest BCUT2D eigenvalue weighted by molar-refractivity contribution is -0.139. The second kappa shape index (κ2) is 6.08. The van der Waals surface area contributed by atoms with Crippen LogP contribution in [0, 0.1) is 5.92 Å². The molecule has 2 aliphatic rings. The predicted molar refractivity (Wildman–Crippen MR) is 67.9 cm³/mol. The minimum atomic E-state index is -1.18. The fraction of sp³-hybridized carbons (Fsp3) is 0.750. The monoisotopic (exact) mass is 285 g/mol. The number of carbonyl (C=O) groups is 3. The van der Waals surface area contributed by atoms with Crippen molar-refractivity contribution in [3.63, 3.8) is 0 Å². The van der Waals surface area contributed by atoms with Crippen LogP contribution in [0.25, 0.3) is 0 Å². The Labute approximate surface area is 116 Å². The van der Waals surface area contributed by atoms with Crippen LogP contribution in [-0.2, 0) is 9.59 Å². The van der Waals surface area contributed by atoms with Crippen LogP contribution >= 0.6 is 0 Å². The van der Waals surface area contributed by atoms with E-state index in [0.717, 1.165) is 12.8 Å². The second-order valence-electron chi connectivity index (χ2n) is 5.11. The summed E-state index contributed by atoms with van der Waals surface area (Å²) in [6.45, 7) is 0.603. The lowest BCUT2D eigenvalue weighted by Gasteiger charge is -2.36. The van der Waals surface area contributed by atoms with Gasteiger partial charge in [0, 0.05) is 26.1 Å². The zero-order valence-electron chi connectivity index (χ0n) is 11.0. The summed E-state index contributed by atoms with van der Waals surface area (Å²) in [4.78, 5) is 36.3. The number of nitrogens with one attached hydrogen (secondary N) is 2. The molecule has 0 aliphatic carbocycles. The van der Waals surface area contributed by atoms with Crippen molar-refractivity contribution in [3.8, 4) is 0 Å². The number of aliphatic hydroxyl groups is 1. The molecular weight excluding hydrogens is 266 g/mol. The van der Waals surface area contributed by atoms with Gasteiger partial charge in [-0.25, -0.2) is 9.59 Å². The van der Waals surface area contributed by atoms with Gasteiger partial charge in [0.05, 0.1) is 12.0 Å². The van der Waals surface area contributed by atoms with E-state index in [-0.39, 0.29) is 30.9 Å². The molecule has 2 aliphatic heterocycles. The minimum Gasteiger partial charge on any atom is -0.480 e. The van der Waals surface area contributed by atoms with Gasteiger partial charge >= 0.3 is 12.0 Å². The molecular formula is C12H19N3O5. The Kier molecular flexibility index (Phi) is 4.43. The molecule has 0 bridgehead atoms. The average molecular weight is 285 g/mol. The Bertz CT molecular complexity index is 414. The lowest BCUT2D eigenvalue weighted by Crippen LogP contribution is -2.55. The maximum absolute atomic E-state index is 12.2. The van der Waals surface area contributed by atoms with E-state index in [2.05, 4.69) is 10.6 Å². The lowest BCUT2D eigenvalue weighted by atomic mass is 9.92. The maximum atomic E-state index is 12.2. The number of aliphatic carboxylic acids is 1. The zero-order valence-corrected chi connectivity index (χ0v) is 11.0. The Morgan fingerprint density at radius 2 is 2.25 bits per heavy atom. The highest BCUT2D eigenvalue weighted by molar-refractivity contribution is 5.86. The number of hydrogen-bond acceptors (Lipinski definition) is 4. The molecule has 0 spiro atoms. The standard InChI is InChI=1S/C12H19N3O5/c16-5-3-8(11(18)19)14-12(20)15-4-1-2-7-9(15)6-13-10(7)17/h7-9,16H,1-6H2,(H,13,17)(H,14,20)(H,18,19)/t7?,8-,9?/m0/s1. The minimum absolute atomic E-state index is 0.0415. The van der Waals surface area contributed by atoms with Crippen LogP contribution in [0.5, 0.6) is 0 Å². The van der Waals surface area contributed by atoms with Crippen molar-refractivity contribution in [2.24, 2.45) is 5.92 Å². The van der Waals surface area contributed by atoms with Crippen molar-refractivity contribution in [1.82, 2.24) is 15.5 Å². The van der Waals surface area contributed by atoms with Crippen molar-refractivity contribution in [2.45, 2.75) is 31.3 Å². The number of likely N-dealkylation sites (tertiary alicyclic amines) is 1. The molecule has 4 N–H and O–H groups in total. The molecule has 0 saturated carbocycles. The van der Waals surface area contributed by atoms with Crippen molar-refractivity contribution in [3.05, 3.63) is 0 Å². The molecule has 2 saturated heterocycles. The highest BCUT2D eigenvalue weighted by Crippen LogP contribution is 2.27. The summed E-state index contributed by atoms with van der Waals surface area (Å²) in [5.41, 5.74) is 0. The summed E-state index contributed by atoms with van der Waals surface area (Å²) >= 11 is 0. The Hall–Kier alpha value is -1.83. The van der Waals surface area contributed by atoms with E-state index in [1.807, 2.05) is 0 Å². The molecule has 112 valence electrons. The number of aliphatic hydroxyl groups excluding tert-OH is 1. The van der Waals surface area contributed by atoms with Crippen LogP contribution in [0.4, 0.5) is 4.79 Å². The van der Waals surface area contributed by atoms with Gasteiger partial charge in [-0.3, -0.25) is 4.79 Å². The molecule has 20 heavy (non-hydrogen) atoms. The summed E-state index contributed by atoms with van der Waals surface area (Å²) in [6.07, 6.45) is 1.43. The van der Waals surface area contributed by atoms with E-state index < -0.39 is 18.0 Å². The molecule has 2 rings (SSSR count). The van der Waals surface area contributed by atoms with Crippen LogP contribution < -0.4 is 10.6 Å². The van der Waals surface area contributed by atoms with Gasteiger partial charge in [0.25, 0.3) is 0 Å². The third kappa shape index (κ3) is 2.84. The molecule has 0 aromatic rings. The van der Waals surface area contributed by atoms with Crippen molar-refractivity contribution in [1.29, 1.82) is 0 Å². The SMILES string of the molecule is O=C1NCC2C1CCCN2C(=O)N[C@@H](CCO)C(=O)O. The zero-order chi connectivity index (χ0) is 14.7. The Morgan fingerprint density at radius 1 is 1.50 bits per heavy atom. The number of amides is 3. The third-order valence-corrected chi connectivity index (χ3v) is 3.88. The Morgan fingerprint density at radius 3 is 2.90 bits per heavy atom. The molecule has 8 heteroatoms. The first-order chi connectivity index (χ1) is 9.54. The fourth-order valence-corrected chi connectivity index (χ4v) is 2.82. The normalized spacial score (nSPS) is 26.6. The number of carboxylic acid groups (broad SMARTS) is 1. The van der Waals surface area contributed by atoms with E-state index in [1.165, 1.54) is 4.90 Å².